The molecule has 2 aromatic heterocycles. The van der Waals surface area contributed by atoms with Crippen molar-refractivity contribution >= 4 is 21.6 Å². The first-order valence-electron chi connectivity index (χ1n) is 11.1. The number of aromatic nitrogens is 2. The Bertz CT molecular complexity index is 1080. The van der Waals surface area contributed by atoms with Crippen LogP contribution < -0.4 is 10.3 Å². The fourth-order valence-electron chi connectivity index (χ4n) is 3.60. The van der Waals surface area contributed by atoms with Gasteiger partial charge in [-0.15, -0.1) is 11.3 Å². The molecule has 0 radical (unpaired) electrons. The summed E-state index contributed by atoms with van der Waals surface area (Å²) in [6.07, 6.45) is 0.228. The number of hydrogen-bond donors (Lipinski definition) is 2. The minimum absolute atomic E-state index is 0.0552. The van der Waals surface area contributed by atoms with Crippen molar-refractivity contribution in [3.63, 3.8) is 0 Å². The van der Waals surface area contributed by atoms with E-state index in [4.69, 9.17) is 19.2 Å². The lowest BCUT2D eigenvalue weighted by atomic mass is 10.1. The Hall–Kier alpha value is -2.30. The van der Waals surface area contributed by atoms with Crippen LogP contribution in [0.3, 0.4) is 0 Å². The smallest absolute Gasteiger partial charge is 0.260 e. The number of methoxy groups -OCH3 is 2. The summed E-state index contributed by atoms with van der Waals surface area (Å²) >= 11 is 1.44. The Balaban J connectivity index is 1.81. The fraction of sp³-hybridized carbons (Fsp3) is 0.500. The van der Waals surface area contributed by atoms with E-state index in [2.05, 4.69) is 9.88 Å². The Morgan fingerprint density at radius 1 is 1.27 bits per heavy atom. The van der Waals surface area contributed by atoms with Crippen LogP contribution in [-0.4, -0.2) is 72.7 Å². The molecule has 8 nitrogen and oxygen atoms in total. The molecule has 0 fully saturated rings. The maximum absolute atomic E-state index is 13.0. The van der Waals surface area contributed by atoms with E-state index in [1.807, 2.05) is 43.5 Å². The highest BCUT2D eigenvalue weighted by Crippen LogP contribution is 2.32. The van der Waals surface area contributed by atoms with Gasteiger partial charge >= 0.3 is 0 Å². The number of ether oxygens (including phenoxy) is 3. The van der Waals surface area contributed by atoms with Gasteiger partial charge in [-0.05, 0) is 38.0 Å². The SMILES string of the molecule is COCCCN(Cc1nc2scc(-c3cccc(OC)c3)c2c(=O)[nH]1)CC(O)COC(C)C. The number of aromatic amines is 1. The van der Waals surface area contributed by atoms with Gasteiger partial charge in [-0.2, -0.15) is 0 Å². The summed E-state index contributed by atoms with van der Waals surface area (Å²) in [4.78, 5) is 23.4. The zero-order valence-corrected chi connectivity index (χ0v) is 20.5. The summed E-state index contributed by atoms with van der Waals surface area (Å²) < 4.78 is 16.0. The average Bonchev–Trinajstić information content (AvgIpc) is 3.22. The highest BCUT2D eigenvalue weighted by atomic mass is 32.1. The van der Waals surface area contributed by atoms with Gasteiger partial charge in [0.15, 0.2) is 0 Å². The van der Waals surface area contributed by atoms with Crippen LogP contribution in [0.5, 0.6) is 5.75 Å². The predicted molar refractivity (Wildman–Crippen MR) is 131 cm³/mol. The van der Waals surface area contributed by atoms with E-state index < -0.39 is 6.10 Å². The lowest BCUT2D eigenvalue weighted by Gasteiger charge is -2.25. The molecule has 33 heavy (non-hydrogen) atoms. The normalized spacial score (nSPS) is 12.7. The van der Waals surface area contributed by atoms with Crippen molar-refractivity contribution in [1.29, 1.82) is 0 Å². The number of fused-ring (bicyclic) bond motifs is 1. The molecule has 1 unspecified atom stereocenters. The number of rotatable bonds is 13. The third-order valence-electron chi connectivity index (χ3n) is 5.16. The van der Waals surface area contributed by atoms with E-state index >= 15 is 0 Å². The number of benzene rings is 1. The second-order valence-electron chi connectivity index (χ2n) is 8.19. The van der Waals surface area contributed by atoms with Crippen molar-refractivity contribution in [2.45, 2.75) is 39.0 Å². The molecule has 0 saturated carbocycles. The number of nitrogens with one attached hydrogen (secondary N) is 1. The van der Waals surface area contributed by atoms with Crippen molar-refractivity contribution in [3.05, 3.63) is 45.8 Å². The lowest BCUT2D eigenvalue weighted by Crippen LogP contribution is -2.37. The molecule has 0 amide bonds. The second kappa shape index (κ2) is 12.2. The molecule has 3 aromatic rings. The number of aliphatic hydroxyl groups is 1. The van der Waals surface area contributed by atoms with Crippen molar-refractivity contribution < 1.29 is 19.3 Å². The van der Waals surface area contributed by atoms with Crippen LogP contribution in [0.15, 0.2) is 34.4 Å². The quantitative estimate of drug-likeness (QED) is 0.366. The van der Waals surface area contributed by atoms with Gasteiger partial charge in [-0.3, -0.25) is 9.69 Å². The van der Waals surface area contributed by atoms with Gasteiger partial charge in [0.05, 0.1) is 37.9 Å². The summed E-state index contributed by atoms with van der Waals surface area (Å²) in [6, 6.07) is 7.64. The second-order valence-corrected chi connectivity index (χ2v) is 9.05. The Morgan fingerprint density at radius 2 is 2.09 bits per heavy atom. The minimum atomic E-state index is -0.633. The van der Waals surface area contributed by atoms with E-state index in [-0.39, 0.29) is 18.3 Å². The maximum Gasteiger partial charge on any atom is 0.260 e. The van der Waals surface area contributed by atoms with Crippen LogP contribution in [0.25, 0.3) is 21.3 Å². The van der Waals surface area contributed by atoms with Crippen LogP contribution in [0.2, 0.25) is 0 Å². The van der Waals surface area contributed by atoms with Crippen LogP contribution in [0.4, 0.5) is 0 Å². The number of hydrogen-bond acceptors (Lipinski definition) is 8. The molecule has 0 aliphatic carbocycles. The van der Waals surface area contributed by atoms with E-state index in [9.17, 15) is 9.90 Å². The van der Waals surface area contributed by atoms with Crippen molar-refractivity contribution in [3.8, 4) is 16.9 Å². The largest absolute Gasteiger partial charge is 0.497 e. The first-order chi connectivity index (χ1) is 15.9. The van der Waals surface area contributed by atoms with Gasteiger partial charge in [0.2, 0.25) is 0 Å². The molecule has 9 heteroatoms. The number of H-pyrrole nitrogens is 1. The predicted octanol–water partition coefficient (Wildman–Crippen LogP) is 3.28. The van der Waals surface area contributed by atoms with Gasteiger partial charge < -0.3 is 24.3 Å². The van der Waals surface area contributed by atoms with Gasteiger partial charge in [0.1, 0.15) is 16.4 Å². The maximum atomic E-state index is 13.0. The third kappa shape index (κ3) is 7.09. The Labute approximate surface area is 198 Å². The Kier molecular flexibility index (Phi) is 9.40. The molecule has 2 heterocycles. The van der Waals surface area contributed by atoms with Gasteiger partial charge in [-0.1, -0.05) is 12.1 Å². The monoisotopic (exact) mass is 475 g/mol. The minimum Gasteiger partial charge on any atom is -0.497 e. The van der Waals surface area contributed by atoms with Crippen LogP contribution in [0, 0.1) is 0 Å². The summed E-state index contributed by atoms with van der Waals surface area (Å²) in [6.45, 7) is 6.29. The Morgan fingerprint density at radius 3 is 2.82 bits per heavy atom. The van der Waals surface area contributed by atoms with Crippen molar-refractivity contribution in [2.24, 2.45) is 0 Å². The summed E-state index contributed by atoms with van der Waals surface area (Å²) in [5, 5.41) is 12.9. The standard InChI is InChI=1S/C24H33N3O5S/c1-16(2)32-14-18(28)12-27(9-6-10-30-3)13-21-25-23(29)22-20(15-33-24(22)26-21)17-7-5-8-19(11-17)31-4/h5,7-8,11,15-16,18,28H,6,9-10,12-14H2,1-4H3,(H,25,26,29). The van der Waals surface area contributed by atoms with Crippen LogP contribution >= 0.6 is 11.3 Å². The third-order valence-corrected chi connectivity index (χ3v) is 6.03. The highest BCUT2D eigenvalue weighted by Gasteiger charge is 2.17. The molecule has 3 rings (SSSR count). The van der Waals surface area contributed by atoms with Gasteiger partial charge in [0, 0.05) is 37.7 Å². The summed E-state index contributed by atoms with van der Waals surface area (Å²) in [7, 11) is 3.29. The molecule has 0 saturated heterocycles. The van der Waals surface area contributed by atoms with Crippen LogP contribution in [0.1, 0.15) is 26.1 Å². The molecule has 180 valence electrons. The van der Waals surface area contributed by atoms with E-state index in [1.54, 1.807) is 14.2 Å². The zero-order chi connectivity index (χ0) is 23.8. The molecule has 0 aliphatic rings. The number of aliphatic hydroxyl groups excluding tert-OH is 1. The zero-order valence-electron chi connectivity index (χ0n) is 19.7. The molecule has 0 bridgehead atoms. The topological polar surface area (TPSA) is 96.9 Å². The molecule has 2 N–H and O–H groups in total. The molecular weight excluding hydrogens is 442 g/mol. The highest BCUT2D eigenvalue weighted by molar-refractivity contribution is 7.17. The summed E-state index contributed by atoms with van der Waals surface area (Å²) in [5.41, 5.74) is 1.58. The first kappa shape index (κ1) is 25.3. The molecule has 1 aromatic carbocycles. The van der Waals surface area contributed by atoms with E-state index in [1.165, 1.54) is 11.3 Å². The van der Waals surface area contributed by atoms with Crippen molar-refractivity contribution in [2.75, 3.05) is 40.5 Å². The van der Waals surface area contributed by atoms with E-state index in [0.717, 1.165) is 23.3 Å². The molecule has 1 atom stereocenters. The number of thiophene rings is 1. The lowest BCUT2D eigenvalue weighted by molar-refractivity contribution is -0.0106. The fourth-order valence-corrected chi connectivity index (χ4v) is 4.57. The average molecular weight is 476 g/mol. The first-order valence-corrected chi connectivity index (χ1v) is 11.9. The summed E-state index contributed by atoms with van der Waals surface area (Å²) in [5.74, 6) is 1.31. The van der Waals surface area contributed by atoms with Crippen molar-refractivity contribution in [1.82, 2.24) is 14.9 Å². The van der Waals surface area contributed by atoms with Gasteiger partial charge in [-0.25, -0.2) is 4.98 Å². The van der Waals surface area contributed by atoms with Gasteiger partial charge in [0.25, 0.3) is 5.56 Å². The molecule has 0 spiro atoms. The molecular formula is C24H33N3O5S. The number of nitrogens with zero attached hydrogens (tertiary/aromatic N) is 2. The van der Waals surface area contributed by atoms with E-state index in [0.29, 0.717) is 42.3 Å². The van der Waals surface area contributed by atoms with Crippen LogP contribution in [-0.2, 0) is 16.0 Å². The molecule has 0 aliphatic heterocycles.